The fourth-order valence-electron chi connectivity index (χ4n) is 1.94. The van der Waals surface area contributed by atoms with Crippen molar-refractivity contribution in [1.29, 1.82) is 0 Å². The Balaban J connectivity index is 1.74. The highest BCUT2D eigenvalue weighted by molar-refractivity contribution is 5.80. The van der Waals surface area contributed by atoms with Crippen LogP contribution in [0.3, 0.4) is 0 Å². The van der Waals surface area contributed by atoms with Gasteiger partial charge in [0.2, 0.25) is 0 Å². The molecule has 2 N–H and O–H groups in total. The predicted octanol–water partition coefficient (Wildman–Crippen LogP) is 1.13. The van der Waals surface area contributed by atoms with Crippen LogP contribution >= 0.6 is 0 Å². The molecule has 0 bridgehead atoms. The van der Waals surface area contributed by atoms with Gasteiger partial charge in [-0.1, -0.05) is 0 Å². The molecular formula is C14H19N3O3. The molecule has 2 rings (SSSR count). The van der Waals surface area contributed by atoms with Crippen molar-refractivity contribution in [3.8, 4) is 0 Å². The van der Waals surface area contributed by atoms with Gasteiger partial charge in [-0.05, 0) is 37.0 Å². The molecule has 1 aromatic heterocycles. The van der Waals surface area contributed by atoms with E-state index in [1.165, 1.54) is 0 Å². The smallest absolute Gasteiger partial charge is 0.317 e. The van der Waals surface area contributed by atoms with Crippen LogP contribution in [0.15, 0.2) is 24.5 Å². The van der Waals surface area contributed by atoms with Crippen LogP contribution in [0.25, 0.3) is 0 Å². The first-order chi connectivity index (χ1) is 9.53. The quantitative estimate of drug-likeness (QED) is 0.816. The molecule has 2 amide bonds. The number of carbonyl (C=O) groups is 2. The van der Waals surface area contributed by atoms with Gasteiger partial charge in [-0.25, -0.2) is 4.79 Å². The maximum Gasteiger partial charge on any atom is 0.317 e. The molecule has 0 aromatic carbocycles. The molecule has 0 radical (unpaired) electrons. The monoisotopic (exact) mass is 277 g/mol. The average molecular weight is 277 g/mol. The van der Waals surface area contributed by atoms with Crippen LogP contribution < -0.4 is 5.32 Å². The van der Waals surface area contributed by atoms with E-state index in [1.54, 1.807) is 24.3 Å². The fourth-order valence-corrected chi connectivity index (χ4v) is 1.94. The third-order valence-electron chi connectivity index (χ3n) is 3.72. The number of nitrogens with zero attached hydrogens (tertiary/aromatic N) is 2. The number of carbonyl (C=O) groups excluding carboxylic acids is 1. The van der Waals surface area contributed by atoms with Gasteiger partial charge in [0, 0.05) is 32.5 Å². The zero-order chi connectivity index (χ0) is 14.6. The number of urea groups is 1. The lowest BCUT2D eigenvalue weighted by Crippen LogP contribution is -2.42. The Morgan fingerprint density at radius 1 is 1.40 bits per heavy atom. The van der Waals surface area contributed by atoms with Gasteiger partial charge in [0.15, 0.2) is 0 Å². The van der Waals surface area contributed by atoms with Crippen molar-refractivity contribution in [3.63, 3.8) is 0 Å². The second kappa shape index (κ2) is 5.90. The van der Waals surface area contributed by atoms with E-state index < -0.39 is 11.4 Å². The molecule has 6 nitrogen and oxygen atoms in total. The van der Waals surface area contributed by atoms with Crippen molar-refractivity contribution >= 4 is 12.0 Å². The largest absolute Gasteiger partial charge is 0.481 e. The van der Waals surface area contributed by atoms with E-state index in [0.29, 0.717) is 19.4 Å². The van der Waals surface area contributed by atoms with Crippen LogP contribution in [0.1, 0.15) is 18.4 Å². The molecular weight excluding hydrogens is 258 g/mol. The second-order valence-corrected chi connectivity index (χ2v) is 5.27. The van der Waals surface area contributed by atoms with Crippen LogP contribution in [0.2, 0.25) is 0 Å². The lowest BCUT2D eigenvalue weighted by Gasteiger charge is -2.19. The summed E-state index contributed by atoms with van der Waals surface area (Å²) >= 11 is 0. The van der Waals surface area contributed by atoms with E-state index in [9.17, 15) is 9.59 Å². The number of carboxylic acid groups (broad SMARTS) is 1. The molecule has 0 aliphatic heterocycles. The van der Waals surface area contributed by atoms with E-state index in [0.717, 1.165) is 12.0 Å². The number of aliphatic carboxylic acids is 1. The molecule has 1 fully saturated rings. The minimum atomic E-state index is -0.822. The van der Waals surface area contributed by atoms with Crippen LogP contribution in [0, 0.1) is 5.41 Å². The molecule has 1 aliphatic carbocycles. The van der Waals surface area contributed by atoms with Crippen molar-refractivity contribution in [2.75, 3.05) is 20.1 Å². The molecule has 1 saturated carbocycles. The van der Waals surface area contributed by atoms with Crippen LogP contribution in [-0.2, 0) is 11.2 Å². The molecule has 1 aliphatic rings. The number of nitrogens with one attached hydrogen (secondary N) is 1. The number of likely N-dealkylation sites (N-methyl/N-ethyl adjacent to an activating group) is 1. The standard InChI is InChI=1S/C14H19N3O3/c1-17(9-4-11-2-7-15-8-3-11)13(20)16-10-14(5-6-14)12(18)19/h2-3,7-8H,4-6,9-10H2,1H3,(H,16,20)(H,18,19). The van der Waals surface area contributed by atoms with Gasteiger partial charge in [0.1, 0.15) is 0 Å². The first-order valence-corrected chi connectivity index (χ1v) is 6.65. The summed E-state index contributed by atoms with van der Waals surface area (Å²) in [4.78, 5) is 28.4. The first kappa shape index (κ1) is 14.3. The highest BCUT2D eigenvalue weighted by atomic mass is 16.4. The Hall–Kier alpha value is -2.11. The van der Waals surface area contributed by atoms with Crippen LogP contribution in [0.4, 0.5) is 4.79 Å². The molecule has 20 heavy (non-hydrogen) atoms. The summed E-state index contributed by atoms with van der Waals surface area (Å²) < 4.78 is 0. The summed E-state index contributed by atoms with van der Waals surface area (Å²) in [6.07, 6.45) is 5.47. The summed E-state index contributed by atoms with van der Waals surface area (Å²) in [7, 11) is 1.71. The molecule has 0 unspecified atom stereocenters. The maximum absolute atomic E-state index is 11.9. The number of hydrogen-bond acceptors (Lipinski definition) is 3. The van der Waals surface area contributed by atoms with Crippen molar-refractivity contribution < 1.29 is 14.7 Å². The van der Waals surface area contributed by atoms with Gasteiger partial charge in [-0.3, -0.25) is 9.78 Å². The van der Waals surface area contributed by atoms with E-state index in [-0.39, 0.29) is 12.6 Å². The normalized spacial score (nSPS) is 15.4. The fraction of sp³-hybridized carbons (Fsp3) is 0.500. The van der Waals surface area contributed by atoms with E-state index in [2.05, 4.69) is 10.3 Å². The second-order valence-electron chi connectivity index (χ2n) is 5.27. The zero-order valence-electron chi connectivity index (χ0n) is 11.5. The predicted molar refractivity (Wildman–Crippen MR) is 73.3 cm³/mol. The van der Waals surface area contributed by atoms with E-state index in [4.69, 9.17) is 5.11 Å². The Kier molecular flexibility index (Phi) is 4.22. The Morgan fingerprint density at radius 2 is 2.05 bits per heavy atom. The van der Waals surface area contributed by atoms with Crippen molar-refractivity contribution in [2.24, 2.45) is 5.41 Å². The number of amides is 2. The summed E-state index contributed by atoms with van der Waals surface area (Å²) in [5, 5.41) is 11.7. The SMILES string of the molecule is CN(CCc1ccncc1)C(=O)NCC1(C(=O)O)CC1. The van der Waals surface area contributed by atoms with Crippen molar-refractivity contribution in [2.45, 2.75) is 19.3 Å². The van der Waals surface area contributed by atoms with Gasteiger partial charge in [-0.15, -0.1) is 0 Å². The van der Waals surface area contributed by atoms with Crippen molar-refractivity contribution in [3.05, 3.63) is 30.1 Å². The van der Waals surface area contributed by atoms with E-state index in [1.807, 2.05) is 12.1 Å². The minimum Gasteiger partial charge on any atom is -0.481 e. The zero-order valence-corrected chi connectivity index (χ0v) is 11.5. The van der Waals surface area contributed by atoms with Gasteiger partial charge in [-0.2, -0.15) is 0 Å². The number of carboxylic acids is 1. The highest BCUT2D eigenvalue weighted by Crippen LogP contribution is 2.45. The molecule has 0 spiro atoms. The minimum absolute atomic E-state index is 0.209. The first-order valence-electron chi connectivity index (χ1n) is 6.65. The number of aromatic nitrogens is 1. The Bertz CT molecular complexity index is 486. The molecule has 0 atom stereocenters. The summed E-state index contributed by atoms with van der Waals surface area (Å²) in [5.74, 6) is -0.822. The van der Waals surface area contributed by atoms with Gasteiger partial charge < -0.3 is 15.3 Å². The topological polar surface area (TPSA) is 82.5 Å². The molecule has 108 valence electrons. The third-order valence-corrected chi connectivity index (χ3v) is 3.72. The van der Waals surface area contributed by atoms with Gasteiger partial charge in [0.05, 0.1) is 5.41 Å². The lowest BCUT2D eigenvalue weighted by molar-refractivity contribution is -0.143. The molecule has 6 heteroatoms. The molecule has 1 aromatic rings. The summed E-state index contributed by atoms with van der Waals surface area (Å²) in [6.45, 7) is 0.788. The Labute approximate surface area is 117 Å². The molecule has 0 saturated heterocycles. The van der Waals surface area contributed by atoms with Gasteiger partial charge >= 0.3 is 12.0 Å². The highest BCUT2D eigenvalue weighted by Gasteiger charge is 2.50. The lowest BCUT2D eigenvalue weighted by atomic mass is 10.1. The van der Waals surface area contributed by atoms with E-state index >= 15 is 0 Å². The number of hydrogen-bond donors (Lipinski definition) is 2. The van der Waals surface area contributed by atoms with Crippen LogP contribution in [-0.4, -0.2) is 47.1 Å². The van der Waals surface area contributed by atoms with Gasteiger partial charge in [0.25, 0.3) is 0 Å². The van der Waals surface area contributed by atoms with Crippen LogP contribution in [0.5, 0.6) is 0 Å². The van der Waals surface area contributed by atoms with Crippen molar-refractivity contribution in [1.82, 2.24) is 15.2 Å². The average Bonchev–Trinajstić information content (AvgIpc) is 3.24. The number of rotatable bonds is 6. The Morgan fingerprint density at radius 3 is 2.60 bits per heavy atom. The summed E-state index contributed by atoms with van der Waals surface area (Å²) in [5.41, 5.74) is 0.394. The summed E-state index contributed by atoms with van der Waals surface area (Å²) in [6, 6.07) is 3.59. The molecule has 1 heterocycles. The number of pyridine rings is 1. The maximum atomic E-state index is 11.9. The third kappa shape index (κ3) is 3.46.